The number of fused-ring (bicyclic) bond motifs is 1. The van der Waals surface area contributed by atoms with Crippen LogP contribution in [-0.2, 0) is 21.4 Å². The summed E-state index contributed by atoms with van der Waals surface area (Å²) in [6.07, 6.45) is 1.56. The first-order chi connectivity index (χ1) is 21.9. The summed E-state index contributed by atoms with van der Waals surface area (Å²) in [6.45, 7) is 0.400. The molecule has 2 aromatic heterocycles. The van der Waals surface area contributed by atoms with Crippen molar-refractivity contribution in [3.63, 3.8) is 0 Å². The van der Waals surface area contributed by atoms with E-state index in [1.54, 1.807) is 85.6 Å². The molecular weight excluding hydrogens is 611 g/mol. The van der Waals surface area contributed by atoms with Crippen LogP contribution in [0, 0.1) is 0 Å². The first-order valence-corrected chi connectivity index (χ1v) is 16.4. The molecule has 0 aliphatic rings. The predicted octanol–water partition coefficient (Wildman–Crippen LogP) is 5.55. The van der Waals surface area contributed by atoms with Gasteiger partial charge in [-0.2, -0.15) is 0 Å². The maximum atomic E-state index is 13.8. The third kappa shape index (κ3) is 6.02. The second kappa shape index (κ2) is 12.9. The number of thioether (sulfide) groups is 1. The lowest BCUT2D eigenvalue weighted by atomic mass is 10.1. The van der Waals surface area contributed by atoms with Crippen LogP contribution in [0.5, 0.6) is 11.5 Å². The molecule has 0 radical (unpaired) electrons. The molecule has 12 heteroatoms. The van der Waals surface area contributed by atoms with Gasteiger partial charge in [0.2, 0.25) is 5.91 Å². The molecule has 0 bridgehead atoms. The number of rotatable bonds is 11. The lowest BCUT2D eigenvalue weighted by Gasteiger charge is -2.15. The summed E-state index contributed by atoms with van der Waals surface area (Å²) < 4.78 is 41.9. The lowest BCUT2D eigenvalue weighted by molar-refractivity contribution is -0.118. The van der Waals surface area contributed by atoms with Crippen LogP contribution in [0.2, 0.25) is 0 Å². The quantitative estimate of drug-likeness (QED) is 0.184. The Kier molecular flexibility index (Phi) is 8.58. The monoisotopic (exact) mass is 639 g/mol. The smallest absolute Gasteiger partial charge is 0.268 e. The largest absolute Gasteiger partial charge is 0.497 e. The van der Waals surface area contributed by atoms with Gasteiger partial charge in [-0.05, 0) is 35.9 Å². The van der Waals surface area contributed by atoms with Crippen LogP contribution in [0.15, 0.2) is 119 Å². The molecule has 6 aromatic rings. The van der Waals surface area contributed by atoms with E-state index in [0.29, 0.717) is 51.2 Å². The summed E-state index contributed by atoms with van der Waals surface area (Å²) in [5.41, 5.74) is 2.57. The highest BCUT2D eigenvalue weighted by Crippen LogP contribution is 2.38. The highest BCUT2D eigenvalue weighted by atomic mass is 32.2. The minimum Gasteiger partial charge on any atom is -0.497 e. The van der Waals surface area contributed by atoms with Crippen molar-refractivity contribution in [3.8, 4) is 28.6 Å². The second-order valence-electron chi connectivity index (χ2n) is 9.90. The van der Waals surface area contributed by atoms with E-state index < -0.39 is 10.0 Å². The van der Waals surface area contributed by atoms with Crippen molar-refractivity contribution in [1.29, 1.82) is 0 Å². The zero-order valence-electron chi connectivity index (χ0n) is 24.5. The molecule has 2 heterocycles. The van der Waals surface area contributed by atoms with Gasteiger partial charge >= 0.3 is 0 Å². The van der Waals surface area contributed by atoms with Crippen molar-refractivity contribution >= 4 is 38.6 Å². The molecule has 0 fully saturated rings. The minimum absolute atomic E-state index is 0.0708. The molecule has 6 rings (SSSR count). The summed E-state index contributed by atoms with van der Waals surface area (Å²) in [5.74, 6) is 1.33. The number of ether oxygens (including phenoxy) is 2. The van der Waals surface area contributed by atoms with Crippen molar-refractivity contribution in [2.45, 2.75) is 16.6 Å². The third-order valence-corrected chi connectivity index (χ3v) is 9.76. The number of methoxy groups -OCH3 is 2. The van der Waals surface area contributed by atoms with Crippen molar-refractivity contribution in [2.24, 2.45) is 0 Å². The van der Waals surface area contributed by atoms with Crippen LogP contribution in [0.25, 0.3) is 28.0 Å². The number of carbonyl (C=O) groups excluding carboxylic acids is 1. The van der Waals surface area contributed by atoms with E-state index >= 15 is 0 Å². The highest BCUT2D eigenvalue weighted by molar-refractivity contribution is 7.99. The van der Waals surface area contributed by atoms with E-state index in [0.717, 1.165) is 5.56 Å². The van der Waals surface area contributed by atoms with E-state index in [9.17, 15) is 13.2 Å². The van der Waals surface area contributed by atoms with Crippen molar-refractivity contribution < 1.29 is 22.7 Å². The lowest BCUT2D eigenvalue weighted by Crippen LogP contribution is -2.24. The summed E-state index contributed by atoms with van der Waals surface area (Å²) in [6, 6.07) is 30.4. The van der Waals surface area contributed by atoms with Gasteiger partial charge in [-0.3, -0.25) is 9.36 Å². The van der Waals surface area contributed by atoms with E-state index in [-0.39, 0.29) is 16.6 Å². The molecule has 0 aliphatic carbocycles. The number of amides is 1. The molecule has 0 saturated heterocycles. The fourth-order valence-electron chi connectivity index (χ4n) is 4.94. The van der Waals surface area contributed by atoms with Gasteiger partial charge in [-0.1, -0.05) is 78.5 Å². The van der Waals surface area contributed by atoms with Crippen molar-refractivity contribution in [3.05, 3.63) is 115 Å². The van der Waals surface area contributed by atoms with E-state index in [1.807, 2.05) is 42.5 Å². The fraction of sp³-hybridized carbons (Fsp3) is 0.121. The van der Waals surface area contributed by atoms with Gasteiger partial charge in [-0.15, -0.1) is 10.2 Å². The number of nitrogens with zero attached hydrogens (tertiary/aromatic N) is 4. The normalized spacial score (nSPS) is 11.4. The van der Waals surface area contributed by atoms with Gasteiger partial charge in [0.25, 0.3) is 10.0 Å². The molecule has 4 aromatic carbocycles. The van der Waals surface area contributed by atoms with Crippen LogP contribution < -0.4 is 14.8 Å². The Morgan fingerprint density at radius 3 is 2.31 bits per heavy atom. The van der Waals surface area contributed by atoms with E-state index in [4.69, 9.17) is 9.47 Å². The fourth-order valence-corrected chi connectivity index (χ4v) is 7.10. The standard InChI is InChI=1S/C33H29N5O5S2/c1-42-24-17-18-30(43-2)29(19-24)38-32(35-36-33(38)44-22-31(39)34-20-23-11-5-3-6-12-23)27-21-37(28-16-10-9-15-26(27)28)45(40,41)25-13-7-4-8-14-25/h3-19,21H,20,22H2,1-2H3,(H,34,39). The van der Waals surface area contributed by atoms with Gasteiger partial charge in [0.1, 0.15) is 11.5 Å². The Labute approximate surface area is 264 Å². The zero-order valence-corrected chi connectivity index (χ0v) is 26.1. The van der Waals surface area contributed by atoms with Gasteiger partial charge in [0.15, 0.2) is 11.0 Å². The highest BCUT2D eigenvalue weighted by Gasteiger charge is 2.27. The molecular formula is C33H29N5O5S2. The molecule has 0 spiro atoms. The molecule has 10 nitrogen and oxygen atoms in total. The van der Waals surface area contributed by atoms with Crippen LogP contribution in [-0.4, -0.2) is 53.0 Å². The number of benzene rings is 4. The Bertz CT molecular complexity index is 2080. The minimum atomic E-state index is -3.94. The topological polar surface area (TPSA) is 117 Å². The molecule has 1 amide bonds. The number of hydrogen-bond donors (Lipinski definition) is 1. The molecule has 45 heavy (non-hydrogen) atoms. The van der Waals surface area contributed by atoms with Crippen LogP contribution in [0.3, 0.4) is 0 Å². The molecule has 0 aliphatic heterocycles. The second-order valence-corrected chi connectivity index (χ2v) is 12.7. The molecule has 0 saturated carbocycles. The maximum absolute atomic E-state index is 13.8. The van der Waals surface area contributed by atoms with Gasteiger partial charge in [-0.25, -0.2) is 12.4 Å². The Hall–Kier alpha value is -5.07. The number of aromatic nitrogens is 4. The Morgan fingerprint density at radius 1 is 0.867 bits per heavy atom. The van der Waals surface area contributed by atoms with Gasteiger partial charge < -0.3 is 14.8 Å². The molecule has 1 N–H and O–H groups in total. The summed E-state index contributed by atoms with van der Waals surface area (Å²) in [7, 11) is -0.825. The van der Waals surface area contributed by atoms with Crippen molar-refractivity contribution in [1.82, 2.24) is 24.1 Å². The first kappa shape index (κ1) is 30.0. The average Bonchev–Trinajstić information content (AvgIpc) is 3.69. The predicted molar refractivity (Wildman–Crippen MR) is 173 cm³/mol. The number of nitrogens with one attached hydrogen (secondary N) is 1. The van der Waals surface area contributed by atoms with Gasteiger partial charge in [0.05, 0.1) is 36.1 Å². The van der Waals surface area contributed by atoms with E-state index in [2.05, 4.69) is 15.5 Å². The number of carbonyl (C=O) groups is 1. The van der Waals surface area contributed by atoms with Crippen LogP contribution in [0.1, 0.15) is 5.56 Å². The molecule has 0 atom stereocenters. The van der Waals surface area contributed by atoms with Crippen molar-refractivity contribution in [2.75, 3.05) is 20.0 Å². The first-order valence-electron chi connectivity index (χ1n) is 13.9. The van der Waals surface area contributed by atoms with Crippen LogP contribution in [0.4, 0.5) is 0 Å². The summed E-state index contributed by atoms with van der Waals surface area (Å²) in [5, 5.41) is 13.0. The number of hydrogen-bond acceptors (Lipinski definition) is 8. The third-order valence-electron chi connectivity index (χ3n) is 7.14. The summed E-state index contributed by atoms with van der Waals surface area (Å²) >= 11 is 1.20. The molecule has 228 valence electrons. The maximum Gasteiger partial charge on any atom is 0.268 e. The zero-order chi connectivity index (χ0) is 31.4. The number of para-hydroxylation sites is 1. The van der Waals surface area contributed by atoms with Gasteiger partial charge in [0, 0.05) is 29.8 Å². The van der Waals surface area contributed by atoms with Crippen LogP contribution >= 0.6 is 11.8 Å². The molecule has 0 unspecified atom stereocenters. The SMILES string of the molecule is COc1ccc(OC)c(-n2c(SCC(=O)NCc3ccccc3)nnc2-c2cn(S(=O)(=O)c3ccccc3)c3ccccc23)c1. The Morgan fingerprint density at radius 2 is 1.58 bits per heavy atom. The summed E-state index contributed by atoms with van der Waals surface area (Å²) in [4.78, 5) is 13.0. The van der Waals surface area contributed by atoms with E-state index in [1.165, 1.54) is 15.7 Å². The Balaban J connectivity index is 1.45. The average molecular weight is 640 g/mol.